The van der Waals surface area contributed by atoms with Gasteiger partial charge in [-0.05, 0) is 45.6 Å². The van der Waals surface area contributed by atoms with Gasteiger partial charge < -0.3 is 14.7 Å². The van der Waals surface area contributed by atoms with Crippen LogP contribution in [-0.4, -0.2) is 91.1 Å². The third kappa shape index (κ3) is 5.59. The van der Waals surface area contributed by atoms with E-state index in [1.165, 1.54) is 25.9 Å². The van der Waals surface area contributed by atoms with Crippen molar-refractivity contribution in [3.63, 3.8) is 0 Å². The van der Waals surface area contributed by atoms with E-state index < -0.39 is 0 Å². The van der Waals surface area contributed by atoms with Gasteiger partial charge >= 0.3 is 6.03 Å². The largest absolute Gasteiger partial charge is 0.331 e. The van der Waals surface area contributed by atoms with Crippen molar-refractivity contribution in [3.05, 3.63) is 0 Å². The van der Waals surface area contributed by atoms with Gasteiger partial charge in [-0.3, -0.25) is 4.90 Å². The van der Waals surface area contributed by atoms with E-state index in [-0.39, 0.29) is 11.6 Å². The molecule has 0 N–H and O–H groups in total. The fourth-order valence-electron chi connectivity index (χ4n) is 4.47. The number of piperidine rings is 1. The number of hydrogen-bond donors (Lipinski definition) is 0. The zero-order valence-electron chi connectivity index (χ0n) is 18.7. The summed E-state index contributed by atoms with van der Waals surface area (Å²) in [7, 11) is 5.95. The molecule has 3 rings (SSSR count). The van der Waals surface area contributed by atoms with Crippen molar-refractivity contribution >= 4 is 6.03 Å². The molecule has 1 unspecified atom stereocenters. The first-order valence-corrected chi connectivity index (χ1v) is 10.8. The lowest BCUT2D eigenvalue weighted by atomic mass is 9.81. The molecule has 1 aliphatic carbocycles. The van der Waals surface area contributed by atoms with Crippen molar-refractivity contribution in [2.45, 2.75) is 71.9 Å². The number of likely N-dealkylation sites (N-methyl/N-ethyl adjacent to an activating group) is 1. The number of likely N-dealkylation sites (tertiary alicyclic amines) is 1. The fourth-order valence-corrected chi connectivity index (χ4v) is 4.47. The first-order valence-electron chi connectivity index (χ1n) is 10.8. The zero-order valence-corrected chi connectivity index (χ0v) is 18.7. The number of carbonyl (C=O) groups is 1. The summed E-state index contributed by atoms with van der Waals surface area (Å²) in [5, 5.41) is 0. The number of piperazine rings is 1. The second kappa shape index (κ2) is 10.5. The highest BCUT2D eigenvalue weighted by molar-refractivity contribution is 5.73. The molecular formula is C21H44N4O. The smallest absolute Gasteiger partial charge is 0.319 e. The number of urea groups is 1. The first kappa shape index (κ1) is 23.2. The van der Waals surface area contributed by atoms with Crippen LogP contribution in [0.25, 0.3) is 0 Å². The summed E-state index contributed by atoms with van der Waals surface area (Å²) >= 11 is 0. The zero-order chi connectivity index (χ0) is 19.9. The summed E-state index contributed by atoms with van der Waals surface area (Å²) in [5.41, 5.74) is 0.290. The standard InChI is InChI=1S/C17H32N4O.2C2H6/c1-14-11-19(4)13-17(21(14)12-15-5-6-15)7-9-20(10-8-17)16(22)18(2)3;2*1-2/h14-15H,5-13H2,1-4H3;2*1-2H3. The lowest BCUT2D eigenvalue weighted by Gasteiger charge is -2.56. The van der Waals surface area contributed by atoms with E-state index in [9.17, 15) is 4.79 Å². The predicted octanol–water partition coefficient (Wildman–Crippen LogP) is 3.60. The molecule has 2 saturated heterocycles. The Labute approximate surface area is 162 Å². The average molecular weight is 369 g/mol. The predicted molar refractivity (Wildman–Crippen MR) is 112 cm³/mol. The Morgan fingerprint density at radius 1 is 1.08 bits per heavy atom. The molecule has 0 aromatic carbocycles. The van der Waals surface area contributed by atoms with E-state index in [4.69, 9.17) is 0 Å². The van der Waals surface area contributed by atoms with E-state index in [0.717, 1.165) is 38.4 Å². The molecule has 5 heteroatoms. The van der Waals surface area contributed by atoms with E-state index in [1.54, 1.807) is 4.90 Å². The molecule has 1 atom stereocenters. The highest BCUT2D eigenvalue weighted by Crippen LogP contribution is 2.39. The van der Waals surface area contributed by atoms with Crippen LogP contribution in [0.2, 0.25) is 0 Å². The molecule has 3 fully saturated rings. The van der Waals surface area contributed by atoms with E-state index in [2.05, 4.69) is 23.8 Å². The van der Waals surface area contributed by atoms with E-state index >= 15 is 0 Å². The molecule has 5 nitrogen and oxygen atoms in total. The number of nitrogens with zero attached hydrogens (tertiary/aromatic N) is 4. The second-order valence-electron chi connectivity index (χ2n) is 8.03. The normalized spacial score (nSPS) is 25.7. The maximum atomic E-state index is 12.2. The van der Waals surface area contributed by atoms with Crippen molar-refractivity contribution in [2.24, 2.45) is 5.92 Å². The van der Waals surface area contributed by atoms with Crippen LogP contribution in [0.5, 0.6) is 0 Å². The van der Waals surface area contributed by atoms with Crippen LogP contribution in [0.1, 0.15) is 60.3 Å². The van der Waals surface area contributed by atoms with Gasteiger partial charge in [0.2, 0.25) is 0 Å². The van der Waals surface area contributed by atoms with Gasteiger partial charge in [0.1, 0.15) is 0 Å². The molecule has 2 heterocycles. The quantitative estimate of drug-likeness (QED) is 0.746. The van der Waals surface area contributed by atoms with Gasteiger partial charge in [0.25, 0.3) is 0 Å². The third-order valence-corrected chi connectivity index (χ3v) is 5.78. The Bertz CT molecular complexity index is 414. The van der Waals surface area contributed by atoms with Crippen molar-refractivity contribution in [1.29, 1.82) is 0 Å². The Hall–Kier alpha value is -0.810. The lowest BCUT2D eigenvalue weighted by molar-refractivity contribution is -0.0621. The van der Waals surface area contributed by atoms with Crippen molar-refractivity contribution in [1.82, 2.24) is 19.6 Å². The molecule has 0 radical (unpaired) electrons. The van der Waals surface area contributed by atoms with Gasteiger partial charge in [0.15, 0.2) is 0 Å². The summed E-state index contributed by atoms with van der Waals surface area (Å²) in [5.74, 6) is 0.934. The molecule has 2 aliphatic heterocycles. The number of carbonyl (C=O) groups excluding carboxylic acids is 1. The highest BCUT2D eigenvalue weighted by atomic mass is 16.2. The molecule has 0 aromatic heterocycles. The highest BCUT2D eigenvalue weighted by Gasteiger charge is 2.47. The molecular weight excluding hydrogens is 324 g/mol. The van der Waals surface area contributed by atoms with Gasteiger partial charge in [-0.15, -0.1) is 0 Å². The van der Waals surface area contributed by atoms with Crippen molar-refractivity contribution < 1.29 is 4.79 Å². The summed E-state index contributed by atoms with van der Waals surface area (Å²) in [6.45, 7) is 15.8. The molecule has 2 amide bonds. The fraction of sp³-hybridized carbons (Fsp3) is 0.952. The van der Waals surface area contributed by atoms with E-state index in [0.29, 0.717) is 6.04 Å². The summed E-state index contributed by atoms with van der Waals surface area (Å²) in [6, 6.07) is 0.802. The molecule has 3 aliphatic rings. The maximum Gasteiger partial charge on any atom is 0.319 e. The topological polar surface area (TPSA) is 30.0 Å². The van der Waals surface area contributed by atoms with Crippen molar-refractivity contribution in [3.8, 4) is 0 Å². The molecule has 0 bridgehead atoms. The van der Waals surface area contributed by atoms with Gasteiger partial charge in [0.05, 0.1) is 0 Å². The second-order valence-corrected chi connectivity index (χ2v) is 8.03. The van der Waals surface area contributed by atoms with Crippen LogP contribution in [0, 0.1) is 5.92 Å². The van der Waals surface area contributed by atoms with Crippen LogP contribution < -0.4 is 0 Å². The summed E-state index contributed by atoms with van der Waals surface area (Å²) < 4.78 is 0. The van der Waals surface area contributed by atoms with Gasteiger partial charge in [-0.1, -0.05) is 27.7 Å². The number of hydrogen-bond acceptors (Lipinski definition) is 3. The SMILES string of the molecule is CC.CC.CC1CN(C)CC2(CCN(C(=O)N(C)C)CC2)N1CC1CC1. The number of amides is 2. The van der Waals surface area contributed by atoms with Crippen LogP contribution in [0.3, 0.4) is 0 Å². The van der Waals surface area contributed by atoms with Gasteiger partial charge in [0, 0.05) is 58.4 Å². The number of rotatable bonds is 2. The molecule has 1 saturated carbocycles. The Balaban J connectivity index is 0.000000791. The minimum atomic E-state index is 0.167. The summed E-state index contributed by atoms with van der Waals surface area (Å²) in [6.07, 6.45) is 5.07. The van der Waals surface area contributed by atoms with Crippen molar-refractivity contribution in [2.75, 3.05) is 53.9 Å². The van der Waals surface area contributed by atoms with Crippen LogP contribution in [-0.2, 0) is 0 Å². The van der Waals surface area contributed by atoms with Gasteiger partial charge in [-0.2, -0.15) is 0 Å². The van der Waals surface area contributed by atoms with Gasteiger partial charge in [-0.25, -0.2) is 4.79 Å². The van der Waals surface area contributed by atoms with Crippen LogP contribution in [0.15, 0.2) is 0 Å². The monoisotopic (exact) mass is 368 g/mol. The molecule has 1 spiro atoms. The Morgan fingerprint density at radius 2 is 1.62 bits per heavy atom. The molecule has 26 heavy (non-hydrogen) atoms. The lowest BCUT2D eigenvalue weighted by Crippen LogP contribution is -2.68. The third-order valence-electron chi connectivity index (χ3n) is 5.78. The average Bonchev–Trinajstić information content (AvgIpc) is 3.46. The van der Waals surface area contributed by atoms with E-state index in [1.807, 2.05) is 46.7 Å². The molecule has 0 aromatic rings. The Kier molecular flexibility index (Phi) is 9.39. The first-order chi connectivity index (χ1) is 12.4. The summed E-state index contributed by atoms with van der Waals surface area (Å²) in [4.78, 5) is 21.2. The molecule has 154 valence electrons. The minimum Gasteiger partial charge on any atom is -0.331 e. The van der Waals surface area contributed by atoms with Crippen LogP contribution >= 0.6 is 0 Å². The minimum absolute atomic E-state index is 0.167. The maximum absolute atomic E-state index is 12.2. The Morgan fingerprint density at radius 3 is 2.08 bits per heavy atom. The van der Waals surface area contributed by atoms with Crippen LogP contribution in [0.4, 0.5) is 4.79 Å².